The van der Waals surface area contributed by atoms with Crippen LogP contribution < -0.4 is 19.1 Å². The van der Waals surface area contributed by atoms with E-state index >= 15 is 0 Å². The number of fused-ring (bicyclic) bond motifs is 1. The van der Waals surface area contributed by atoms with Gasteiger partial charge in [0.15, 0.2) is 11.4 Å². The molecule has 1 heterocycles. The van der Waals surface area contributed by atoms with Crippen molar-refractivity contribution >= 4 is 40.1 Å². The second-order valence-electron chi connectivity index (χ2n) is 11.0. The molecular formula is C31H30ClF3N2O6. The van der Waals surface area contributed by atoms with Gasteiger partial charge in [0.25, 0.3) is 0 Å². The van der Waals surface area contributed by atoms with Crippen LogP contribution in [0.2, 0.25) is 5.02 Å². The molecule has 0 atom stereocenters. The minimum absolute atomic E-state index is 0.0118. The molecule has 0 aliphatic heterocycles. The Balaban J connectivity index is 1.90. The Kier molecular flexibility index (Phi) is 8.60. The Bertz CT molecular complexity index is 1670. The first-order valence-corrected chi connectivity index (χ1v) is 13.5. The number of nitrogens with zero attached hydrogens (tertiary/aromatic N) is 2. The van der Waals surface area contributed by atoms with Gasteiger partial charge in [-0.3, -0.25) is 4.79 Å². The SMILES string of the molecule is CC(C)Oc1ccc(-n2c(C(=O)O)c(N(C)C(=O)C(C)(C)C)c3cc(Oc4ccc(Cl)c(OC(F)(F)F)c4)ccc32)cc1. The lowest BCUT2D eigenvalue weighted by molar-refractivity contribution is -0.274. The maximum absolute atomic E-state index is 13.4. The molecule has 1 aromatic heterocycles. The van der Waals surface area contributed by atoms with Gasteiger partial charge in [-0.1, -0.05) is 32.4 Å². The van der Waals surface area contributed by atoms with Gasteiger partial charge in [0.05, 0.1) is 22.3 Å². The van der Waals surface area contributed by atoms with Crippen LogP contribution in [0.5, 0.6) is 23.0 Å². The number of carboxylic acid groups (broad SMARTS) is 1. The molecule has 8 nitrogen and oxygen atoms in total. The van der Waals surface area contributed by atoms with Gasteiger partial charge in [-0.2, -0.15) is 0 Å². The minimum Gasteiger partial charge on any atom is -0.491 e. The second kappa shape index (κ2) is 11.7. The molecule has 1 amide bonds. The number of alkyl halides is 3. The number of aromatic nitrogens is 1. The van der Waals surface area contributed by atoms with Crippen molar-refractivity contribution in [2.24, 2.45) is 5.41 Å². The molecule has 0 bridgehead atoms. The van der Waals surface area contributed by atoms with Crippen LogP contribution in [-0.2, 0) is 4.79 Å². The van der Waals surface area contributed by atoms with E-state index in [0.29, 0.717) is 22.3 Å². The Morgan fingerprint density at radius 3 is 2.07 bits per heavy atom. The Morgan fingerprint density at radius 1 is 0.930 bits per heavy atom. The fourth-order valence-electron chi connectivity index (χ4n) is 4.56. The Labute approximate surface area is 251 Å². The van der Waals surface area contributed by atoms with Crippen LogP contribution >= 0.6 is 11.6 Å². The van der Waals surface area contributed by atoms with Crippen molar-refractivity contribution in [1.29, 1.82) is 0 Å². The molecule has 0 spiro atoms. The highest BCUT2D eigenvalue weighted by Crippen LogP contribution is 2.41. The monoisotopic (exact) mass is 618 g/mol. The summed E-state index contributed by atoms with van der Waals surface area (Å²) >= 11 is 5.86. The quantitative estimate of drug-likeness (QED) is 0.213. The number of carboxylic acids is 1. The molecule has 0 saturated carbocycles. The van der Waals surface area contributed by atoms with E-state index in [0.717, 1.165) is 6.07 Å². The van der Waals surface area contributed by atoms with Crippen LogP contribution in [0.1, 0.15) is 45.1 Å². The molecular weight excluding hydrogens is 589 g/mol. The van der Waals surface area contributed by atoms with Gasteiger partial charge in [-0.25, -0.2) is 4.79 Å². The number of aromatic carboxylic acids is 1. The third-order valence-corrected chi connectivity index (χ3v) is 6.54. The van der Waals surface area contributed by atoms with Crippen molar-refractivity contribution in [2.75, 3.05) is 11.9 Å². The van der Waals surface area contributed by atoms with Gasteiger partial charge in [0.1, 0.15) is 17.2 Å². The molecule has 0 saturated heterocycles. The van der Waals surface area contributed by atoms with Crippen LogP contribution in [0, 0.1) is 5.41 Å². The summed E-state index contributed by atoms with van der Waals surface area (Å²) < 4.78 is 55.6. The van der Waals surface area contributed by atoms with Crippen LogP contribution in [0.3, 0.4) is 0 Å². The number of amides is 1. The normalized spacial score (nSPS) is 12.0. The van der Waals surface area contributed by atoms with E-state index in [-0.39, 0.29) is 39.9 Å². The Morgan fingerprint density at radius 2 is 1.51 bits per heavy atom. The second-order valence-corrected chi connectivity index (χ2v) is 11.4. The molecule has 4 aromatic rings. The standard InChI is InChI=1S/C31H30ClF3N2O6/c1-17(2)41-19-9-7-18(8-10-19)37-24-14-12-20(42-21-11-13-23(32)25(16-21)43-31(33,34)35)15-22(24)26(27(37)28(38)39)36(6)29(40)30(3,4)5/h7-17H,1-6H3,(H,38,39). The first-order valence-electron chi connectivity index (χ1n) is 13.2. The van der Waals surface area contributed by atoms with Crippen molar-refractivity contribution < 1.29 is 42.1 Å². The van der Waals surface area contributed by atoms with Crippen LogP contribution in [0.4, 0.5) is 18.9 Å². The third-order valence-electron chi connectivity index (χ3n) is 6.23. The summed E-state index contributed by atoms with van der Waals surface area (Å²) in [6.45, 7) is 8.92. The van der Waals surface area contributed by atoms with Crippen molar-refractivity contribution in [2.45, 2.75) is 47.1 Å². The molecule has 0 aliphatic rings. The number of halogens is 4. The first-order chi connectivity index (χ1) is 20.0. The molecule has 3 aromatic carbocycles. The molecule has 43 heavy (non-hydrogen) atoms. The van der Waals surface area contributed by atoms with E-state index in [1.54, 1.807) is 51.1 Å². The van der Waals surface area contributed by atoms with Crippen LogP contribution in [-0.4, -0.2) is 41.1 Å². The fourth-order valence-corrected chi connectivity index (χ4v) is 4.71. The smallest absolute Gasteiger partial charge is 0.491 e. The van der Waals surface area contributed by atoms with Crippen molar-refractivity contribution in [1.82, 2.24) is 4.57 Å². The van der Waals surface area contributed by atoms with Crippen molar-refractivity contribution in [3.05, 3.63) is 71.4 Å². The highest BCUT2D eigenvalue weighted by Gasteiger charge is 2.34. The third kappa shape index (κ3) is 6.99. The summed E-state index contributed by atoms with van der Waals surface area (Å²) in [5.74, 6) is -1.51. The largest absolute Gasteiger partial charge is 0.573 e. The number of benzene rings is 3. The van der Waals surface area contributed by atoms with Gasteiger partial charge in [0.2, 0.25) is 5.91 Å². The lowest BCUT2D eigenvalue weighted by atomic mass is 9.94. The zero-order valence-corrected chi connectivity index (χ0v) is 25.0. The summed E-state index contributed by atoms with van der Waals surface area (Å²) in [6.07, 6.45) is -5.03. The van der Waals surface area contributed by atoms with E-state index in [9.17, 15) is 27.9 Å². The molecule has 12 heteroatoms. The topological polar surface area (TPSA) is 90.2 Å². The maximum atomic E-state index is 13.4. The number of carbonyl (C=O) groups excluding carboxylic acids is 1. The number of rotatable bonds is 8. The van der Waals surface area contributed by atoms with Crippen molar-refractivity contribution in [3.63, 3.8) is 0 Å². The summed E-state index contributed by atoms with van der Waals surface area (Å²) in [4.78, 5) is 27.5. The number of hydrogen-bond acceptors (Lipinski definition) is 5. The van der Waals surface area contributed by atoms with E-state index in [4.69, 9.17) is 21.1 Å². The number of hydrogen-bond donors (Lipinski definition) is 1. The van der Waals surface area contributed by atoms with Gasteiger partial charge < -0.3 is 28.8 Å². The molecule has 0 fully saturated rings. The lowest BCUT2D eigenvalue weighted by Crippen LogP contribution is -2.37. The van der Waals surface area contributed by atoms with E-state index in [2.05, 4.69) is 4.74 Å². The number of anilines is 1. The highest BCUT2D eigenvalue weighted by molar-refractivity contribution is 6.32. The lowest BCUT2D eigenvalue weighted by Gasteiger charge is -2.26. The van der Waals surface area contributed by atoms with Crippen LogP contribution in [0.25, 0.3) is 16.6 Å². The zero-order chi connectivity index (χ0) is 31.9. The van der Waals surface area contributed by atoms with Crippen LogP contribution in [0.15, 0.2) is 60.7 Å². The summed E-state index contributed by atoms with van der Waals surface area (Å²) in [5.41, 5.74) is 0.0515. The molecule has 0 unspecified atom stereocenters. The van der Waals surface area contributed by atoms with Gasteiger partial charge in [-0.15, -0.1) is 13.2 Å². The predicted octanol–water partition coefficient (Wildman–Crippen LogP) is 8.47. The molecule has 1 N–H and O–H groups in total. The molecule has 228 valence electrons. The van der Waals surface area contributed by atoms with Gasteiger partial charge in [0, 0.05) is 29.6 Å². The van der Waals surface area contributed by atoms with Crippen molar-refractivity contribution in [3.8, 4) is 28.7 Å². The summed E-state index contributed by atoms with van der Waals surface area (Å²) in [7, 11) is 1.49. The van der Waals surface area contributed by atoms with Gasteiger partial charge >= 0.3 is 12.3 Å². The molecule has 4 rings (SSSR count). The summed E-state index contributed by atoms with van der Waals surface area (Å²) in [6, 6.07) is 15.1. The average molecular weight is 619 g/mol. The van der Waals surface area contributed by atoms with E-state index in [1.165, 1.54) is 40.8 Å². The average Bonchev–Trinajstić information content (AvgIpc) is 3.23. The van der Waals surface area contributed by atoms with E-state index in [1.807, 2.05) is 13.8 Å². The zero-order valence-electron chi connectivity index (χ0n) is 24.2. The van der Waals surface area contributed by atoms with Gasteiger partial charge in [-0.05, 0) is 68.4 Å². The number of carbonyl (C=O) groups is 2. The highest BCUT2D eigenvalue weighted by atomic mass is 35.5. The minimum atomic E-state index is -4.96. The summed E-state index contributed by atoms with van der Waals surface area (Å²) in [5, 5.41) is 10.5. The van der Waals surface area contributed by atoms with E-state index < -0.39 is 23.5 Å². The Hall–Kier alpha value is -4.38. The number of ether oxygens (including phenoxy) is 3. The molecule has 0 radical (unpaired) electrons. The maximum Gasteiger partial charge on any atom is 0.573 e. The fraction of sp³-hybridized carbons (Fsp3) is 0.290. The predicted molar refractivity (Wildman–Crippen MR) is 157 cm³/mol. The first kappa shape index (κ1) is 31.6. The molecule has 0 aliphatic carbocycles.